The van der Waals surface area contributed by atoms with Crippen molar-refractivity contribution < 1.29 is 23.1 Å². The molecule has 0 aromatic heterocycles. The maximum absolute atomic E-state index is 12.0. The van der Waals surface area contributed by atoms with Crippen LogP contribution in [0.15, 0.2) is 12.1 Å². The average molecular weight is 234 g/mol. The van der Waals surface area contributed by atoms with Gasteiger partial charge in [-0.05, 0) is 24.6 Å². The van der Waals surface area contributed by atoms with Crippen LogP contribution in [0, 0.1) is 6.92 Å². The molecule has 1 aromatic rings. The molecule has 0 fully saturated rings. The molecule has 0 heterocycles. The van der Waals surface area contributed by atoms with Gasteiger partial charge in [0.25, 0.3) is 0 Å². The molecule has 0 aliphatic rings. The normalized spacial score (nSPS) is 11.2. The summed E-state index contributed by atoms with van der Waals surface area (Å²) in [4.78, 5) is 10.6. The zero-order chi connectivity index (χ0) is 12.5. The summed E-state index contributed by atoms with van der Waals surface area (Å²) in [7, 11) is 0. The lowest BCUT2D eigenvalue weighted by atomic mass is 10.1. The number of alkyl halides is 3. The van der Waals surface area contributed by atoms with Gasteiger partial charge in [-0.3, -0.25) is 4.79 Å². The van der Waals surface area contributed by atoms with Crippen LogP contribution < -0.4 is 11.1 Å². The molecule has 0 aliphatic carbocycles. The predicted molar refractivity (Wildman–Crippen MR) is 51.9 cm³/mol. The minimum absolute atomic E-state index is 0.0695. The third-order valence-corrected chi connectivity index (χ3v) is 2.00. The number of benzene rings is 1. The number of rotatable bonds is 1. The topological polar surface area (TPSA) is 75.3 Å². The lowest BCUT2D eigenvalue weighted by Crippen LogP contribution is -2.30. The van der Waals surface area contributed by atoms with E-state index in [1.807, 2.05) is 0 Å². The lowest BCUT2D eigenvalue weighted by Gasteiger charge is -2.12. The van der Waals surface area contributed by atoms with Crippen LogP contribution >= 0.6 is 0 Å². The van der Waals surface area contributed by atoms with Crippen molar-refractivity contribution in [3.63, 3.8) is 0 Å². The number of hydrogen-bond acceptors (Lipinski definition) is 3. The summed E-state index contributed by atoms with van der Waals surface area (Å²) < 4.78 is 35.9. The van der Waals surface area contributed by atoms with Crippen LogP contribution in [0.2, 0.25) is 0 Å². The Labute approximate surface area is 88.9 Å². The van der Waals surface area contributed by atoms with Crippen LogP contribution in [0.1, 0.15) is 5.56 Å². The molecule has 0 spiro atoms. The zero-order valence-electron chi connectivity index (χ0n) is 8.22. The first-order chi connectivity index (χ1) is 7.23. The van der Waals surface area contributed by atoms with Crippen molar-refractivity contribution in [3.8, 4) is 5.75 Å². The molecule has 0 atom stereocenters. The Kier molecular flexibility index (Phi) is 2.97. The summed E-state index contributed by atoms with van der Waals surface area (Å²) in [6.45, 7) is 1.39. The Bertz CT molecular complexity index is 429. The second-order valence-electron chi connectivity index (χ2n) is 3.12. The third kappa shape index (κ3) is 2.36. The Balaban J connectivity index is 3.00. The number of hydrogen-bond donors (Lipinski definition) is 3. The Morgan fingerprint density at radius 2 is 2.00 bits per heavy atom. The molecule has 1 aromatic carbocycles. The van der Waals surface area contributed by atoms with E-state index in [1.54, 1.807) is 5.32 Å². The van der Waals surface area contributed by atoms with Crippen LogP contribution in [0.25, 0.3) is 0 Å². The maximum Gasteiger partial charge on any atom is 0.471 e. The number of nitrogens with two attached hydrogens (primary N) is 1. The highest BCUT2D eigenvalue weighted by atomic mass is 19.4. The fraction of sp³-hybridized carbons (Fsp3) is 0.222. The zero-order valence-corrected chi connectivity index (χ0v) is 8.22. The minimum Gasteiger partial charge on any atom is -0.506 e. The first kappa shape index (κ1) is 12.2. The second-order valence-corrected chi connectivity index (χ2v) is 3.12. The molecule has 1 rings (SSSR count). The minimum atomic E-state index is -4.96. The molecule has 1 amide bonds. The molecule has 16 heavy (non-hydrogen) atoms. The highest BCUT2D eigenvalue weighted by Gasteiger charge is 2.38. The fourth-order valence-electron chi connectivity index (χ4n) is 1.04. The first-order valence-corrected chi connectivity index (χ1v) is 4.19. The van der Waals surface area contributed by atoms with E-state index in [-0.39, 0.29) is 22.7 Å². The van der Waals surface area contributed by atoms with Crippen LogP contribution in [0.3, 0.4) is 0 Å². The molecular weight excluding hydrogens is 225 g/mol. The molecule has 4 nitrogen and oxygen atoms in total. The number of amides is 1. The molecule has 7 heteroatoms. The molecule has 0 unspecified atom stereocenters. The van der Waals surface area contributed by atoms with Gasteiger partial charge < -0.3 is 16.2 Å². The van der Waals surface area contributed by atoms with Crippen LogP contribution in [0.4, 0.5) is 24.5 Å². The van der Waals surface area contributed by atoms with Gasteiger partial charge in [-0.25, -0.2) is 0 Å². The van der Waals surface area contributed by atoms with E-state index in [1.165, 1.54) is 6.92 Å². The van der Waals surface area contributed by atoms with Crippen molar-refractivity contribution in [3.05, 3.63) is 17.7 Å². The lowest BCUT2D eigenvalue weighted by molar-refractivity contribution is -0.167. The SMILES string of the molecule is Cc1c(NC(=O)C(F)(F)F)ccc(O)c1N. The number of anilines is 2. The monoisotopic (exact) mass is 234 g/mol. The number of aromatic hydroxyl groups is 1. The van der Waals surface area contributed by atoms with Crippen molar-refractivity contribution in [2.75, 3.05) is 11.1 Å². The van der Waals surface area contributed by atoms with Crippen LogP contribution in [0.5, 0.6) is 5.75 Å². The van der Waals surface area contributed by atoms with Crippen LogP contribution in [-0.4, -0.2) is 17.2 Å². The van der Waals surface area contributed by atoms with Crippen LogP contribution in [-0.2, 0) is 4.79 Å². The smallest absolute Gasteiger partial charge is 0.471 e. The molecule has 0 aliphatic heterocycles. The van der Waals surface area contributed by atoms with Gasteiger partial charge in [-0.2, -0.15) is 13.2 Å². The maximum atomic E-state index is 12.0. The molecule has 4 N–H and O–H groups in total. The Morgan fingerprint density at radius 1 is 1.44 bits per heavy atom. The van der Waals surface area contributed by atoms with Gasteiger partial charge in [-0.1, -0.05) is 0 Å². The standard InChI is InChI=1S/C9H9F3N2O2/c1-4-5(2-3-6(15)7(4)13)14-8(16)9(10,11)12/h2-3,15H,13H2,1H3,(H,14,16). The van der Waals surface area contributed by atoms with Crippen molar-refractivity contribution in [2.45, 2.75) is 13.1 Å². The summed E-state index contributed by atoms with van der Waals surface area (Å²) in [5, 5.41) is 10.8. The molecule has 0 bridgehead atoms. The quantitative estimate of drug-likeness (QED) is 0.394. The number of nitrogen functional groups attached to an aromatic ring is 1. The van der Waals surface area contributed by atoms with Crippen molar-refractivity contribution in [1.29, 1.82) is 0 Å². The van der Waals surface area contributed by atoms with Crippen molar-refractivity contribution in [2.24, 2.45) is 0 Å². The number of phenols is 1. The van der Waals surface area contributed by atoms with Gasteiger partial charge in [-0.15, -0.1) is 0 Å². The summed E-state index contributed by atoms with van der Waals surface area (Å²) in [5.41, 5.74) is 5.41. The Hall–Kier alpha value is -1.92. The predicted octanol–water partition coefficient (Wildman–Crippen LogP) is 1.78. The molecule has 0 saturated carbocycles. The second kappa shape index (κ2) is 3.92. The van der Waals surface area contributed by atoms with E-state index < -0.39 is 12.1 Å². The van der Waals surface area contributed by atoms with E-state index >= 15 is 0 Å². The molecule has 88 valence electrons. The highest BCUT2D eigenvalue weighted by molar-refractivity contribution is 5.96. The molecule has 0 saturated heterocycles. The fourth-order valence-corrected chi connectivity index (χ4v) is 1.04. The first-order valence-electron chi connectivity index (χ1n) is 4.19. The van der Waals surface area contributed by atoms with E-state index in [0.717, 1.165) is 12.1 Å². The number of carbonyl (C=O) groups is 1. The van der Waals surface area contributed by atoms with Gasteiger partial charge in [0.2, 0.25) is 0 Å². The number of nitrogens with one attached hydrogen (secondary N) is 1. The highest BCUT2D eigenvalue weighted by Crippen LogP contribution is 2.30. The van der Waals surface area contributed by atoms with E-state index in [4.69, 9.17) is 10.8 Å². The van der Waals surface area contributed by atoms with Gasteiger partial charge in [0.05, 0.1) is 5.69 Å². The van der Waals surface area contributed by atoms with E-state index in [2.05, 4.69) is 0 Å². The summed E-state index contributed by atoms with van der Waals surface area (Å²) in [6, 6.07) is 2.25. The Morgan fingerprint density at radius 3 is 2.50 bits per heavy atom. The van der Waals surface area contributed by atoms with Gasteiger partial charge in [0.1, 0.15) is 5.75 Å². The average Bonchev–Trinajstić information content (AvgIpc) is 2.17. The number of halogens is 3. The number of phenolic OH excluding ortho intramolecular Hbond substituents is 1. The summed E-state index contributed by atoms with van der Waals surface area (Å²) >= 11 is 0. The van der Waals surface area contributed by atoms with E-state index in [9.17, 15) is 18.0 Å². The van der Waals surface area contributed by atoms with Gasteiger partial charge >= 0.3 is 12.1 Å². The van der Waals surface area contributed by atoms with E-state index in [0.29, 0.717) is 0 Å². The van der Waals surface area contributed by atoms with Gasteiger partial charge in [0, 0.05) is 5.69 Å². The molecule has 0 radical (unpaired) electrons. The van der Waals surface area contributed by atoms with Gasteiger partial charge in [0.15, 0.2) is 0 Å². The number of carbonyl (C=O) groups excluding carboxylic acids is 1. The largest absolute Gasteiger partial charge is 0.506 e. The van der Waals surface area contributed by atoms with Crippen molar-refractivity contribution in [1.82, 2.24) is 0 Å². The summed E-state index contributed by atoms with van der Waals surface area (Å²) in [5.74, 6) is -2.33. The molecular formula is C9H9F3N2O2. The van der Waals surface area contributed by atoms with Crippen molar-refractivity contribution >= 4 is 17.3 Å². The summed E-state index contributed by atoms with van der Waals surface area (Å²) in [6.07, 6.45) is -4.96. The third-order valence-electron chi connectivity index (χ3n) is 2.00.